The zero-order chi connectivity index (χ0) is 16.2. The number of carbonyl (C=O) groups is 1. The van der Waals surface area contributed by atoms with Crippen LogP contribution in [0, 0.1) is 6.92 Å². The summed E-state index contributed by atoms with van der Waals surface area (Å²) in [7, 11) is 0. The van der Waals surface area contributed by atoms with E-state index in [-0.39, 0.29) is 17.6 Å². The fraction of sp³-hybridized carbons (Fsp3) is 0.111. The van der Waals surface area contributed by atoms with Crippen LogP contribution in [0.5, 0.6) is 0 Å². The van der Waals surface area contributed by atoms with Crippen molar-refractivity contribution in [1.29, 1.82) is 0 Å². The number of nitrogens with one attached hydrogen (secondary N) is 1. The lowest BCUT2D eigenvalue weighted by molar-refractivity contribution is 0.0934. The summed E-state index contributed by atoms with van der Waals surface area (Å²) in [5, 5.41) is 7.41. The van der Waals surface area contributed by atoms with Crippen LogP contribution in [-0.4, -0.2) is 11.1 Å². The smallest absolute Gasteiger partial charge is 0.274 e. The van der Waals surface area contributed by atoms with Gasteiger partial charge in [-0.2, -0.15) is 0 Å². The normalized spacial score (nSPS) is 11.9. The topological polar surface area (TPSA) is 55.1 Å². The van der Waals surface area contributed by atoms with Gasteiger partial charge in [-0.25, -0.2) is 0 Å². The molecule has 0 saturated heterocycles. The number of amides is 1. The standard InChI is InChI=1S/C18H15ClN2O2/c1-12-11-16(21-23-12)18(22)20-17(13-5-3-2-4-6-13)14-7-9-15(19)10-8-14/h2-11,17H,1H3,(H,20,22). The van der Waals surface area contributed by atoms with E-state index in [1.165, 1.54) is 0 Å². The number of rotatable bonds is 4. The number of aromatic nitrogens is 1. The second-order valence-corrected chi connectivity index (χ2v) is 5.63. The van der Waals surface area contributed by atoms with Crippen LogP contribution in [0.15, 0.2) is 65.2 Å². The molecule has 1 N–H and O–H groups in total. The third-order valence-electron chi connectivity index (χ3n) is 3.47. The molecular formula is C18H15ClN2O2. The molecule has 116 valence electrons. The van der Waals surface area contributed by atoms with Crippen LogP contribution in [0.1, 0.15) is 33.4 Å². The van der Waals surface area contributed by atoms with Crippen molar-refractivity contribution in [2.24, 2.45) is 0 Å². The molecule has 23 heavy (non-hydrogen) atoms. The first kappa shape index (κ1) is 15.3. The lowest BCUT2D eigenvalue weighted by Gasteiger charge is -2.19. The molecule has 2 aromatic carbocycles. The van der Waals surface area contributed by atoms with Crippen molar-refractivity contribution < 1.29 is 9.32 Å². The molecular weight excluding hydrogens is 312 g/mol. The molecule has 4 nitrogen and oxygen atoms in total. The summed E-state index contributed by atoms with van der Waals surface area (Å²) in [6.45, 7) is 1.75. The van der Waals surface area contributed by atoms with Crippen molar-refractivity contribution >= 4 is 17.5 Å². The SMILES string of the molecule is Cc1cc(C(=O)NC(c2ccccc2)c2ccc(Cl)cc2)no1. The number of aryl methyl sites for hydroxylation is 1. The molecule has 1 atom stereocenters. The van der Waals surface area contributed by atoms with Crippen molar-refractivity contribution in [2.75, 3.05) is 0 Å². The summed E-state index contributed by atoms with van der Waals surface area (Å²) < 4.78 is 4.97. The van der Waals surface area contributed by atoms with Gasteiger partial charge in [0.15, 0.2) is 5.69 Å². The van der Waals surface area contributed by atoms with E-state index in [4.69, 9.17) is 16.1 Å². The van der Waals surface area contributed by atoms with E-state index in [1.54, 1.807) is 25.1 Å². The van der Waals surface area contributed by atoms with Crippen LogP contribution in [0.4, 0.5) is 0 Å². The van der Waals surface area contributed by atoms with Gasteiger partial charge in [0, 0.05) is 11.1 Å². The number of halogens is 1. The van der Waals surface area contributed by atoms with Crippen LogP contribution >= 0.6 is 11.6 Å². The van der Waals surface area contributed by atoms with E-state index >= 15 is 0 Å². The van der Waals surface area contributed by atoms with Gasteiger partial charge in [0.25, 0.3) is 5.91 Å². The summed E-state index contributed by atoms with van der Waals surface area (Å²) in [6, 6.07) is 18.5. The quantitative estimate of drug-likeness (QED) is 0.783. The second kappa shape index (κ2) is 6.67. The average Bonchev–Trinajstić information content (AvgIpc) is 3.01. The Morgan fingerprint density at radius 1 is 1.09 bits per heavy atom. The van der Waals surface area contributed by atoms with Gasteiger partial charge in [-0.1, -0.05) is 59.2 Å². The summed E-state index contributed by atoms with van der Waals surface area (Å²) in [6.07, 6.45) is 0. The lowest BCUT2D eigenvalue weighted by Crippen LogP contribution is -2.29. The van der Waals surface area contributed by atoms with E-state index < -0.39 is 0 Å². The number of benzene rings is 2. The highest BCUT2D eigenvalue weighted by Gasteiger charge is 2.19. The van der Waals surface area contributed by atoms with E-state index in [1.807, 2.05) is 42.5 Å². The third kappa shape index (κ3) is 3.60. The fourth-order valence-corrected chi connectivity index (χ4v) is 2.46. The van der Waals surface area contributed by atoms with E-state index in [0.29, 0.717) is 10.8 Å². The van der Waals surface area contributed by atoms with Crippen molar-refractivity contribution in [1.82, 2.24) is 10.5 Å². The summed E-state index contributed by atoms with van der Waals surface area (Å²) >= 11 is 5.96. The van der Waals surface area contributed by atoms with Gasteiger partial charge >= 0.3 is 0 Å². The van der Waals surface area contributed by atoms with Gasteiger partial charge in [0.2, 0.25) is 0 Å². The monoisotopic (exact) mass is 326 g/mol. The molecule has 0 bridgehead atoms. The molecule has 1 aromatic heterocycles. The summed E-state index contributed by atoms with van der Waals surface area (Å²) in [4.78, 5) is 12.4. The third-order valence-corrected chi connectivity index (χ3v) is 3.72. The maximum atomic E-state index is 12.4. The van der Waals surface area contributed by atoms with Crippen LogP contribution in [0.3, 0.4) is 0 Å². The highest BCUT2D eigenvalue weighted by atomic mass is 35.5. The first-order valence-corrected chi connectivity index (χ1v) is 7.56. The van der Waals surface area contributed by atoms with Crippen molar-refractivity contribution in [3.63, 3.8) is 0 Å². The van der Waals surface area contributed by atoms with Crippen molar-refractivity contribution in [3.05, 3.63) is 88.3 Å². The fourth-order valence-electron chi connectivity index (χ4n) is 2.34. The van der Waals surface area contributed by atoms with Crippen LogP contribution in [0.2, 0.25) is 5.02 Å². The molecule has 0 aliphatic rings. The molecule has 0 radical (unpaired) electrons. The highest BCUT2D eigenvalue weighted by Crippen LogP contribution is 2.24. The minimum absolute atomic E-state index is 0.261. The maximum absolute atomic E-state index is 12.4. The largest absolute Gasteiger partial charge is 0.361 e. The van der Waals surface area contributed by atoms with Crippen molar-refractivity contribution in [2.45, 2.75) is 13.0 Å². The highest BCUT2D eigenvalue weighted by molar-refractivity contribution is 6.30. The minimum Gasteiger partial charge on any atom is -0.361 e. The summed E-state index contributed by atoms with van der Waals surface area (Å²) in [5.41, 5.74) is 2.18. The average molecular weight is 327 g/mol. The molecule has 0 saturated carbocycles. The Hall–Kier alpha value is -2.59. The Morgan fingerprint density at radius 2 is 1.74 bits per heavy atom. The number of nitrogens with zero attached hydrogens (tertiary/aromatic N) is 1. The molecule has 5 heteroatoms. The van der Waals surface area contributed by atoms with Crippen LogP contribution in [0.25, 0.3) is 0 Å². The minimum atomic E-state index is -0.294. The number of carbonyl (C=O) groups excluding carboxylic acids is 1. The number of hydrogen-bond acceptors (Lipinski definition) is 3. The molecule has 1 amide bonds. The first-order valence-electron chi connectivity index (χ1n) is 7.18. The van der Waals surface area contributed by atoms with E-state index in [9.17, 15) is 4.79 Å². The Bertz CT molecular complexity index is 797. The van der Waals surface area contributed by atoms with Gasteiger partial charge < -0.3 is 9.84 Å². The zero-order valence-corrected chi connectivity index (χ0v) is 13.2. The van der Waals surface area contributed by atoms with Crippen LogP contribution in [-0.2, 0) is 0 Å². The molecule has 3 aromatic rings. The molecule has 0 fully saturated rings. The Kier molecular flexibility index (Phi) is 4.44. The van der Waals surface area contributed by atoms with Crippen molar-refractivity contribution in [3.8, 4) is 0 Å². The maximum Gasteiger partial charge on any atom is 0.274 e. The molecule has 3 rings (SSSR count). The Morgan fingerprint density at radius 3 is 2.35 bits per heavy atom. The predicted octanol–water partition coefficient (Wildman–Crippen LogP) is 4.16. The Balaban J connectivity index is 1.92. The number of hydrogen-bond donors (Lipinski definition) is 1. The predicted molar refractivity (Wildman–Crippen MR) is 88.4 cm³/mol. The summed E-state index contributed by atoms with van der Waals surface area (Å²) in [5.74, 6) is 0.309. The van der Waals surface area contributed by atoms with Gasteiger partial charge in [0.1, 0.15) is 5.76 Å². The molecule has 1 unspecified atom stereocenters. The van der Waals surface area contributed by atoms with Gasteiger partial charge in [-0.3, -0.25) is 4.79 Å². The van der Waals surface area contributed by atoms with Gasteiger partial charge in [0.05, 0.1) is 6.04 Å². The molecule has 0 aliphatic carbocycles. The van der Waals surface area contributed by atoms with E-state index in [2.05, 4.69) is 10.5 Å². The second-order valence-electron chi connectivity index (χ2n) is 5.19. The van der Waals surface area contributed by atoms with Gasteiger partial charge in [-0.15, -0.1) is 0 Å². The Labute approximate surface area is 139 Å². The molecule has 1 heterocycles. The van der Waals surface area contributed by atoms with Crippen LogP contribution < -0.4 is 5.32 Å². The van der Waals surface area contributed by atoms with Gasteiger partial charge in [-0.05, 0) is 30.2 Å². The molecule has 0 aliphatic heterocycles. The lowest BCUT2D eigenvalue weighted by atomic mass is 9.98. The zero-order valence-electron chi connectivity index (χ0n) is 12.5. The molecule has 0 spiro atoms. The van der Waals surface area contributed by atoms with E-state index in [0.717, 1.165) is 11.1 Å². The first-order chi connectivity index (χ1) is 11.1.